The molecular weight excluding hydrogens is 452 g/mol. The third-order valence-electron chi connectivity index (χ3n) is 5.83. The van der Waals surface area contributed by atoms with Crippen LogP contribution < -0.4 is 16.8 Å². The normalized spacial score (nSPS) is 14.7. The Hall–Kier alpha value is -2.46. The van der Waals surface area contributed by atoms with Crippen molar-refractivity contribution in [1.29, 1.82) is 0 Å². The monoisotopic (exact) mass is 490 g/mol. The Morgan fingerprint density at radius 1 is 1.15 bits per heavy atom. The number of amides is 1. The molecule has 0 saturated carbocycles. The number of carbonyl (C=O) groups is 1. The van der Waals surface area contributed by atoms with E-state index in [9.17, 15) is 18.3 Å². The molecule has 0 fully saturated rings. The standard InChI is InChI=1S/C25H38N4O4S/c1-18(2)16-29(34(32,33)22-13-11-20(26)12-14-22)21(17-30)9-7-15-28-24(31)25(4,27)23-10-6-5-8-19(23)3/h5-6,8,10-14,18,21,30H,7,9,15-17,26-27H2,1-4H3,(H,28,31)/t21?,25-/m0/s1. The van der Waals surface area contributed by atoms with Gasteiger partial charge in [0.25, 0.3) is 0 Å². The van der Waals surface area contributed by atoms with E-state index in [1.165, 1.54) is 16.4 Å². The molecule has 34 heavy (non-hydrogen) atoms. The van der Waals surface area contributed by atoms with Gasteiger partial charge in [0.15, 0.2) is 0 Å². The number of nitrogens with zero attached hydrogens (tertiary/aromatic N) is 1. The van der Waals surface area contributed by atoms with Crippen molar-refractivity contribution in [1.82, 2.24) is 9.62 Å². The maximum absolute atomic E-state index is 13.3. The fourth-order valence-corrected chi connectivity index (χ4v) is 5.72. The van der Waals surface area contributed by atoms with Gasteiger partial charge in [-0.2, -0.15) is 4.31 Å². The molecule has 1 unspecified atom stereocenters. The summed E-state index contributed by atoms with van der Waals surface area (Å²) in [4.78, 5) is 12.9. The Labute approximate surface area is 203 Å². The highest BCUT2D eigenvalue weighted by Gasteiger charge is 2.33. The molecule has 6 N–H and O–H groups in total. The zero-order valence-corrected chi connectivity index (χ0v) is 21.3. The van der Waals surface area contributed by atoms with Crippen LogP contribution in [0.4, 0.5) is 5.69 Å². The fourth-order valence-electron chi connectivity index (χ4n) is 3.91. The van der Waals surface area contributed by atoms with Crippen molar-refractivity contribution >= 4 is 21.6 Å². The highest BCUT2D eigenvalue weighted by atomic mass is 32.2. The zero-order valence-electron chi connectivity index (χ0n) is 20.5. The van der Waals surface area contributed by atoms with Crippen LogP contribution in [0, 0.1) is 12.8 Å². The molecular formula is C25H38N4O4S. The Bertz CT molecular complexity index is 1050. The van der Waals surface area contributed by atoms with Crippen molar-refractivity contribution in [3.8, 4) is 0 Å². The lowest BCUT2D eigenvalue weighted by molar-refractivity contribution is -0.126. The highest BCUT2D eigenvalue weighted by Crippen LogP contribution is 2.24. The Balaban J connectivity index is 2.07. The summed E-state index contributed by atoms with van der Waals surface area (Å²) < 4.78 is 28.0. The lowest BCUT2D eigenvalue weighted by Crippen LogP contribution is -2.50. The molecule has 0 bridgehead atoms. The van der Waals surface area contributed by atoms with Crippen LogP contribution >= 0.6 is 0 Å². The lowest BCUT2D eigenvalue weighted by atomic mass is 9.88. The van der Waals surface area contributed by atoms with Crippen molar-refractivity contribution in [2.45, 2.75) is 57.0 Å². The average Bonchev–Trinajstić information content (AvgIpc) is 2.78. The van der Waals surface area contributed by atoms with Crippen LogP contribution in [0.3, 0.4) is 0 Å². The van der Waals surface area contributed by atoms with Crippen LogP contribution in [0.15, 0.2) is 53.4 Å². The first-order valence-electron chi connectivity index (χ1n) is 11.5. The summed E-state index contributed by atoms with van der Waals surface area (Å²) in [6.45, 7) is 7.67. The van der Waals surface area contributed by atoms with Crippen LogP contribution in [0.1, 0.15) is 44.7 Å². The molecule has 2 aromatic rings. The van der Waals surface area contributed by atoms with E-state index in [1.54, 1.807) is 19.1 Å². The van der Waals surface area contributed by atoms with E-state index >= 15 is 0 Å². The molecule has 1 amide bonds. The summed E-state index contributed by atoms with van der Waals surface area (Å²) in [6.07, 6.45) is 0.857. The molecule has 8 nitrogen and oxygen atoms in total. The Morgan fingerprint density at radius 3 is 2.32 bits per heavy atom. The van der Waals surface area contributed by atoms with E-state index in [4.69, 9.17) is 11.5 Å². The third kappa shape index (κ3) is 6.79. The van der Waals surface area contributed by atoms with E-state index in [0.29, 0.717) is 25.1 Å². The molecule has 0 heterocycles. The number of aryl methyl sites for hydroxylation is 1. The average molecular weight is 491 g/mol. The summed E-state index contributed by atoms with van der Waals surface area (Å²) >= 11 is 0. The third-order valence-corrected chi connectivity index (χ3v) is 7.76. The van der Waals surface area contributed by atoms with Gasteiger partial charge in [-0.05, 0) is 68.0 Å². The van der Waals surface area contributed by atoms with E-state index in [1.807, 2.05) is 45.0 Å². The molecule has 0 aliphatic carbocycles. The van der Waals surface area contributed by atoms with Crippen LogP contribution in [-0.2, 0) is 20.4 Å². The SMILES string of the molecule is Cc1ccccc1[C@](C)(N)C(=O)NCCCC(CO)N(CC(C)C)S(=O)(=O)c1ccc(N)cc1. The largest absolute Gasteiger partial charge is 0.399 e. The van der Waals surface area contributed by atoms with Gasteiger partial charge in [0.1, 0.15) is 5.54 Å². The number of sulfonamides is 1. The van der Waals surface area contributed by atoms with Crippen LogP contribution in [0.2, 0.25) is 0 Å². The quantitative estimate of drug-likeness (QED) is 0.266. The number of nitrogen functional groups attached to an aromatic ring is 1. The predicted octanol–water partition coefficient (Wildman–Crippen LogP) is 2.36. The maximum atomic E-state index is 13.3. The number of hydrogen-bond donors (Lipinski definition) is 4. The molecule has 9 heteroatoms. The predicted molar refractivity (Wildman–Crippen MR) is 135 cm³/mol. The number of anilines is 1. The minimum absolute atomic E-state index is 0.0596. The highest BCUT2D eigenvalue weighted by molar-refractivity contribution is 7.89. The molecule has 2 atom stereocenters. The van der Waals surface area contributed by atoms with E-state index in [2.05, 4.69) is 5.32 Å². The molecule has 0 aromatic heterocycles. The molecule has 188 valence electrons. The van der Waals surface area contributed by atoms with E-state index in [0.717, 1.165) is 11.1 Å². The Morgan fingerprint density at radius 2 is 1.76 bits per heavy atom. The number of aliphatic hydroxyl groups is 1. The number of nitrogens with one attached hydrogen (secondary N) is 1. The van der Waals surface area contributed by atoms with Gasteiger partial charge in [0.05, 0.1) is 11.5 Å². The van der Waals surface area contributed by atoms with Crippen molar-refractivity contribution in [2.24, 2.45) is 11.7 Å². The minimum atomic E-state index is -3.83. The lowest BCUT2D eigenvalue weighted by Gasteiger charge is -2.31. The minimum Gasteiger partial charge on any atom is -0.399 e. The van der Waals surface area contributed by atoms with Gasteiger partial charge in [-0.3, -0.25) is 4.79 Å². The first-order valence-corrected chi connectivity index (χ1v) is 13.0. The number of rotatable bonds is 12. The topological polar surface area (TPSA) is 139 Å². The van der Waals surface area contributed by atoms with Crippen LogP contribution in [-0.4, -0.2) is 49.5 Å². The molecule has 0 saturated heterocycles. The molecule has 0 spiro atoms. The van der Waals surface area contributed by atoms with E-state index < -0.39 is 21.6 Å². The second-order valence-electron chi connectivity index (χ2n) is 9.29. The van der Waals surface area contributed by atoms with Crippen molar-refractivity contribution in [3.63, 3.8) is 0 Å². The number of carbonyl (C=O) groups excluding carboxylic acids is 1. The van der Waals surface area contributed by atoms with Gasteiger partial charge in [-0.1, -0.05) is 38.1 Å². The van der Waals surface area contributed by atoms with Gasteiger partial charge in [0.2, 0.25) is 15.9 Å². The maximum Gasteiger partial charge on any atom is 0.244 e. The fraction of sp³-hybridized carbons (Fsp3) is 0.480. The number of aliphatic hydroxyl groups excluding tert-OH is 1. The molecule has 2 rings (SSSR count). The smallest absolute Gasteiger partial charge is 0.244 e. The molecule has 2 aromatic carbocycles. The van der Waals surface area contributed by atoms with Crippen LogP contribution in [0.5, 0.6) is 0 Å². The second-order valence-corrected chi connectivity index (χ2v) is 11.2. The zero-order chi connectivity index (χ0) is 25.5. The van der Waals surface area contributed by atoms with Gasteiger partial charge in [-0.15, -0.1) is 0 Å². The van der Waals surface area contributed by atoms with Gasteiger partial charge >= 0.3 is 0 Å². The number of hydrogen-bond acceptors (Lipinski definition) is 6. The Kier molecular flexibility index (Phi) is 9.64. The number of nitrogens with two attached hydrogens (primary N) is 2. The summed E-state index contributed by atoms with van der Waals surface area (Å²) in [6, 6.07) is 12.9. The molecule has 0 aliphatic rings. The van der Waals surface area contributed by atoms with Crippen molar-refractivity contribution < 1.29 is 18.3 Å². The summed E-state index contributed by atoms with van der Waals surface area (Å²) in [5.41, 5.74) is 13.0. The van der Waals surface area contributed by atoms with Crippen LogP contribution in [0.25, 0.3) is 0 Å². The summed E-state index contributed by atoms with van der Waals surface area (Å²) in [7, 11) is -3.83. The van der Waals surface area contributed by atoms with Gasteiger partial charge in [0, 0.05) is 24.8 Å². The van der Waals surface area contributed by atoms with Crippen molar-refractivity contribution in [2.75, 3.05) is 25.4 Å². The first kappa shape index (κ1) is 27.8. The van der Waals surface area contributed by atoms with E-state index in [-0.39, 0.29) is 29.9 Å². The second kappa shape index (κ2) is 11.8. The van der Waals surface area contributed by atoms with Gasteiger partial charge in [-0.25, -0.2) is 8.42 Å². The summed E-state index contributed by atoms with van der Waals surface area (Å²) in [5.74, 6) is -0.250. The number of benzene rings is 2. The van der Waals surface area contributed by atoms with Gasteiger partial charge < -0.3 is 21.9 Å². The first-order chi connectivity index (χ1) is 15.9. The van der Waals surface area contributed by atoms with Crippen molar-refractivity contribution in [3.05, 3.63) is 59.7 Å². The molecule has 0 aliphatic heterocycles. The molecule has 0 radical (unpaired) electrons. The summed E-state index contributed by atoms with van der Waals surface area (Å²) in [5, 5.41) is 12.9.